The lowest BCUT2D eigenvalue weighted by Gasteiger charge is -2.14. The highest BCUT2D eigenvalue weighted by molar-refractivity contribution is 7.99. The predicted molar refractivity (Wildman–Crippen MR) is 92.3 cm³/mol. The van der Waals surface area contributed by atoms with Crippen LogP contribution in [0.2, 0.25) is 5.02 Å². The molecule has 1 aromatic carbocycles. The zero-order valence-corrected chi connectivity index (χ0v) is 14.3. The molecule has 24 heavy (non-hydrogen) atoms. The average Bonchev–Trinajstić information content (AvgIpc) is 2.56. The third-order valence-corrected chi connectivity index (χ3v) is 4.88. The SMILES string of the molecule is O=C(CSc1nc2c(c(=O)[nH]1)CCCC2)Nc1ccc(F)c(Cl)c1. The third-order valence-electron chi connectivity index (χ3n) is 3.71. The van der Waals surface area contributed by atoms with Gasteiger partial charge in [0, 0.05) is 11.3 Å². The minimum absolute atomic E-state index is 0.0545. The van der Waals surface area contributed by atoms with Gasteiger partial charge in [-0.3, -0.25) is 9.59 Å². The van der Waals surface area contributed by atoms with Crippen molar-refractivity contribution in [1.29, 1.82) is 0 Å². The van der Waals surface area contributed by atoms with Gasteiger partial charge in [0.25, 0.3) is 5.56 Å². The molecule has 1 heterocycles. The lowest BCUT2D eigenvalue weighted by Crippen LogP contribution is -2.22. The zero-order valence-electron chi connectivity index (χ0n) is 12.7. The summed E-state index contributed by atoms with van der Waals surface area (Å²) in [5, 5.41) is 3.01. The van der Waals surface area contributed by atoms with Gasteiger partial charge in [0.2, 0.25) is 5.91 Å². The maximum Gasteiger partial charge on any atom is 0.254 e. The van der Waals surface area contributed by atoms with Gasteiger partial charge in [-0.15, -0.1) is 0 Å². The van der Waals surface area contributed by atoms with Crippen molar-refractivity contribution >= 4 is 35.0 Å². The van der Waals surface area contributed by atoms with Crippen LogP contribution < -0.4 is 10.9 Å². The van der Waals surface area contributed by atoms with E-state index in [9.17, 15) is 14.0 Å². The van der Waals surface area contributed by atoms with Gasteiger partial charge < -0.3 is 10.3 Å². The van der Waals surface area contributed by atoms with Crippen LogP contribution in [0.15, 0.2) is 28.2 Å². The standard InChI is InChI=1S/C16H15ClFN3O2S/c17-11-7-9(5-6-12(11)18)19-14(22)8-24-16-20-13-4-2-1-3-10(13)15(23)21-16/h5-7H,1-4,8H2,(H,19,22)(H,20,21,23). The Bertz CT molecular complexity index is 841. The Kier molecular flexibility index (Phi) is 5.20. The zero-order chi connectivity index (χ0) is 17.1. The molecule has 0 unspecified atom stereocenters. The topological polar surface area (TPSA) is 74.8 Å². The summed E-state index contributed by atoms with van der Waals surface area (Å²) in [4.78, 5) is 31.1. The number of thioether (sulfide) groups is 1. The van der Waals surface area contributed by atoms with E-state index in [0.717, 1.165) is 48.7 Å². The Morgan fingerprint density at radius 1 is 1.38 bits per heavy atom. The Hall–Kier alpha value is -1.86. The van der Waals surface area contributed by atoms with Crippen LogP contribution in [0, 0.1) is 5.82 Å². The van der Waals surface area contributed by atoms with Crippen LogP contribution in [0.25, 0.3) is 0 Å². The fraction of sp³-hybridized carbons (Fsp3) is 0.312. The number of carbonyl (C=O) groups is 1. The number of nitrogens with one attached hydrogen (secondary N) is 2. The largest absolute Gasteiger partial charge is 0.325 e. The lowest BCUT2D eigenvalue weighted by molar-refractivity contribution is -0.113. The maximum absolute atomic E-state index is 13.1. The number of aryl methyl sites for hydroxylation is 1. The molecule has 0 spiro atoms. The molecule has 0 saturated heterocycles. The first-order valence-corrected chi connectivity index (χ1v) is 8.89. The van der Waals surface area contributed by atoms with E-state index in [4.69, 9.17) is 11.6 Å². The van der Waals surface area contributed by atoms with Crippen LogP contribution in [0.1, 0.15) is 24.1 Å². The first kappa shape index (κ1) is 17.0. The molecule has 126 valence electrons. The number of nitrogens with zero attached hydrogens (tertiary/aromatic N) is 1. The highest BCUT2D eigenvalue weighted by Gasteiger charge is 2.16. The Labute approximate surface area is 147 Å². The van der Waals surface area contributed by atoms with Crippen molar-refractivity contribution in [2.24, 2.45) is 0 Å². The molecule has 0 atom stereocenters. The number of hydrogen-bond acceptors (Lipinski definition) is 4. The minimum Gasteiger partial charge on any atom is -0.325 e. The number of H-pyrrole nitrogens is 1. The molecule has 5 nitrogen and oxygen atoms in total. The van der Waals surface area contributed by atoms with E-state index in [1.807, 2.05) is 0 Å². The van der Waals surface area contributed by atoms with Crippen molar-refractivity contribution in [3.05, 3.63) is 50.7 Å². The molecule has 0 saturated carbocycles. The smallest absolute Gasteiger partial charge is 0.254 e. The summed E-state index contributed by atoms with van der Waals surface area (Å²) in [6, 6.07) is 3.97. The Morgan fingerprint density at radius 3 is 2.96 bits per heavy atom. The molecular weight excluding hydrogens is 353 g/mol. The fourth-order valence-corrected chi connectivity index (χ4v) is 3.41. The highest BCUT2D eigenvalue weighted by Crippen LogP contribution is 2.21. The summed E-state index contributed by atoms with van der Waals surface area (Å²) < 4.78 is 13.1. The van der Waals surface area contributed by atoms with Crippen molar-refractivity contribution in [3.8, 4) is 0 Å². The second kappa shape index (κ2) is 7.36. The van der Waals surface area contributed by atoms with Crippen molar-refractivity contribution < 1.29 is 9.18 Å². The number of carbonyl (C=O) groups excluding carboxylic acids is 1. The van der Waals surface area contributed by atoms with E-state index in [2.05, 4.69) is 15.3 Å². The van der Waals surface area contributed by atoms with Gasteiger partial charge in [-0.2, -0.15) is 0 Å². The summed E-state index contributed by atoms with van der Waals surface area (Å²) in [7, 11) is 0. The summed E-state index contributed by atoms with van der Waals surface area (Å²) in [6.45, 7) is 0. The molecule has 2 aromatic rings. The third kappa shape index (κ3) is 3.96. The molecule has 2 N–H and O–H groups in total. The van der Waals surface area contributed by atoms with Crippen molar-refractivity contribution in [3.63, 3.8) is 0 Å². The summed E-state index contributed by atoms with van der Waals surface area (Å²) >= 11 is 6.83. The first-order chi connectivity index (χ1) is 11.5. The van der Waals surface area contributed by atoms with E-state index in [1.165, 1.54) is 18.2 Å². The van der Waals surface area contributed by atoms with Crippen LogP contribution in [-0.4, -0.2) is 21.6 Å². The van der Waals surface area contributed by atoms with Gasteiger partial charge in [-0.1, -0.05) is 23.4 Å². The quantitative estimate of drug-likeness (QED) is 0.643. The van der Waals surface area contributed by atoms with Crippen molar-refractivity contribution in [1.82, 2.24) is 9.97 Å². The first-order valence-electron chi connectivity index (χ1n) is 7.52. The van der Waals surface area contributed by atoms with Crippen LogP contribution in [0.3, 0.4) is 0 Å². The van der Waals surface area contributed by atoms with Crippen LogP contribution >= 0.6 is 23.4 Å². The van der Waals surface area contributed by atoms with E-state index in [0.29, 0.717) is 10.8 Å². The van der Waals surface area contributed by atoms with Gasteiger partial charge in [0.1, 0.15) is 5.82 Å². The van der Waals surface area contributed by atoms with Gasteiger partial charge in [-0.25, -0.2) is 9.37 Å². The molecule has 3 rings (SSSR count). The van der Waals surface area contributed by atoms with E-state index >= 15 is 0 Å². The number of halogens is 2. The van der Waals surface area contributed by atoms with Gasteiger partial charge in [0.15, 0.2) is 5.16 Å². The summed E-state index contributed by atoms with van der Waals surface area (Å²) in [5.74, 6) is -0.751. The van der Waals surface area contributed by atoms with E-state index in [1.54, 1.807) is 0 Å². The van der Waals surface area contributed by atoms with Crippen LogP contribution in [0.4, 0.5) is 10.1 Å². The number of aromatic nitrogens is 2. The van der Waals surface area contributed by atoms with Crippen LogP contribution in [-0.2, 0) is 17.6 Å². The monoisotopic (exact) mass is 367 g/mol. The normalized spacial score (nSPS) is 13.4. The Morgan fingerprint density at radius 2 is 2.17 bits per heavy atom. The van der Waals surface area contributed by atoms with Crippen molar-refractivity contribution in [2.45, 2.75) is 30.8 Å². The molecule has 0 bridgehead atoms. The average molecular weight is 368 g/mol. The highest BCUT2D eigenvalue weighted by atomic mass is 35.5. The molecule has 1 aliphatic carbocycles. The molecule has 1 aromatic heterocycles. The maximum atomic E-state index is 13.1. The molecule has 1 aliphatic rings. The molecule has 0 aliphatic heterocycles. The number of amides is 1. The minimum atomic E-state index is -0.542. The Balaban J connectivity index is 1.63. The summed E-state index contributed by atoms with van der Waals surface area (Å²) in [5.41, 5.74) is 1.89. The van der Waals surface area contributed by atoms with Crippen LogP contribution in [0.5, 0.6) is 0 Å². The molecule has 0 radical (unpaired) electrons. The molecule has 8 heteroatoms. The molecule has 1 amide bonds. The summed E-state index contributed by atoms with van der Waals surface area (Å²) in [6.07, 6.45) is 3.59. The number of hydrogen-bond donors (Lipinski definition) is 2. The number of fused-ring (bicyclic) bond motifs is 1. The second-order valence-electron chi connectivity index (χ2n) is 5.47. The number of benzene rings is 1. The number of aromatic amines is 1. The fourth-order valence-electron chi connectivity index (χ4n) is 2.55. The van der Waals surface area contributed by atoms with Gasteiger partial charge in [-0.05, 0) is 43.9 Å². The van der Waals surface area contributed by atoms with E-state index in [-0.39, 0.29) is 22.2 Å². The number of anilines is 1. The number of rotatable bonds is 4. The predicted octanol–water partition coefficient (Wildman–Crippen LogP) is 3.17. The molecular formula is C16H15ClFN3O2S. The van der Waals surface area contributed by atoms with Gasteiger partial charge >= 0.3 is 0 Å². The molecule has 0 fully saturated rings. The van der Waals surface area contributed by atoms with Gasteiger partial charge in [0.05, 0.1) is 16.5 Å². The van der Waals surface area contributed by atoms with E-state index < -0.39 is 5.82 Å². The lowest BCUT2D eigenvalue weighted by atomic mass is 9.97. The second-order valence-corrected chi connectivity index (χ2v) is 6.84. The van der Waals surface area contributed by atoms with Crippen molar-refractivity contribution in [2.75, 3.05) is 11.1 Å².